The Kier molecular flexibility index (Phi) is 22.1. The summed E-state index contributed by atoms with van der Waals surface area (Å²) >= 11 is 10.8. The van der Waals surface area contributed by atoms with Gasteiger partial charge in [-0.25, -0.2) is 0 Å². The maximum absolute atomic E-state index is 10.7. The molecule has 0 aromatic carbocycles. The lowest BCUT2D eigenvalue weighted by Gasteiger charge is -2.26. The molecule has 0 aromatic heterocycles. The van der Waals surface area contributed by atoms with Crippen molar-refractivity contribution in [1.29, 1.82) is 0 Å². The topological polar surface area (TPSA) is 68.2 Å². The van der Waals surface area contributed by atoms with Crippen molar-refractivity contribution in [2.45, 2.75) is 167 Å². The van der Waals surface area contributed by atoms with Gasteiger partial charge in [-0.3, -0.25) is 0 Å². The van der Waals surface area contributed by atoms with Gasteiger partial charge in [0.25, 0.3) is 0 Å². The lowest BCUT2D eigenvalue weighted by atomic mass is 10.1. The Bertz CT molecular complexity index is 574. The molecule has 0 amide bonds. The summed E-state index contributed by atoms with van der Waals surface area (Å²) in [7, 11) is 0. The van der Waals surface area contributed by atoms with Gasteiger partial charge in [-0.15, -0.1) is 0 Å². The standard InChI is InChI=1S/C30H56O5S2/c1-3-5-7-9-11-13-15-17-19-21-27(36)34-25(23-31)30-29(32)26(24-33-30)35-28(37)22-20-18-16-14-12-10-8-6-4-2/h25-26,29-32H,3-24H2,1-2H3/t25-,26+,29-,30-/m1/s1. The summed E-state index contributed by atoms with van der Waals surface area (Å²) in [5.41, 5.74) is 0. The highest BCUT2D eigenvalue weighted by molar-refractivity contribution is 7.80. The Morgan fingerprint density at radius 2 is 1.16 bits per heavy atom. The number of ether oxygens (including phenoxy) is 3. The van der Waals surface area contributed by atoms with E-state index >= 15 is 0 Å². The van der Waals surface area contributed by atoms with Gasteiger partial charge in [0.15, 0.2) is 22.3 Å². The van der Waals surface area contributed by atoms with Crippen LogP contribution < -0.4 is 0 Å². The van der Waals surface area contributed by atoms with E-state index in [2.05, 4.69) is 13.8 Å². The Labute approximate surface area is 238 Å². The highest BCUT2D eigenvalue weighted by atomic mass is 32.1. The van der Waals surface area contributed by atoms with Gasteiger partial charge in [-0.1, -0.05) is 117 Å². The predicted octanol–water partition coefficient (Wildman–Crippen LogP) is 8.01. The fourth-order valence-corrected chi connectivity index (χ4v) is 5.41. The van der Waals surface area contributed by atoms with Gasteiger partial charge < -0.3 is 24.4 Å². The van der Waals surface area contributed by atoms with Gasteiger partial charge in [0.1, 0.15) is 12.2 Å². The molecule has 218 valence electrons. The molecule has 0 radical (unpaired) electrons. The minimum atomic E-state index is -0.909. The van der Waals surface area contributed by atoms with Crippen LogP contribution in [0.2, 0.25) is 0 Å². The number of rotatable bonds is 24. The zero-order valence-electron chi connectivity index (χ0n) is 23.8. The van der Waals surface area contributed by atoms with Crippen molar-refractivity contribution in [2.75, 3.05) is 13.2 Å². The molecule has 1 rings (SSSR count). The third-order valence-corrected chi connectivity index (χ3v) is 7.85. The van der Waals surface area contributed by atoms with Crippen molar-refractivity contribution < 1.29 is 24.4 Å². The Morgan fingerprint density at radius 1 is 0.730 bits per heavy atom. The Morgan fingerprint density at radius 3 is 1.62 bits per heavy atom. The lowest BCUT2D eigenvalue weighted by Crippen LogP contribution is -2.43. The second kappa shape index (κ2) is 23.5. The quantitative estimate of drug-likeness (QED) is 0.0915. The third-order valence-electron chi connectivity index (χ3n) is 7.25. The zero-order valence-corrected chi connectivity index (χ0v) is 25.4. The number of unbranched alkanes of at least 4 members (excludes halogenated alkanes) is 16. The van der Waals surface area contributed by atoms with Crippen LogP contribution >= 0.6 is 24.4 Å². The molecule has 37 heavy (non-hydrogen) atoms. The first-order valence-electron chi connectivity index (χ1n) is 15.3. The van der Waals surface area contributed by atoms with E-state index in [0.717, 1.165) is 32.1 Å². The maximum atomic E-state index is 10.7. The summed E-state index contributed by atoms with van der Waals surface area (Å²) in [6.45, 7) is 4.45. The predicted molar refractivity (Wildman–Crippen MR) is 161 cm³/mol. The summed E-state index contributed by atoms with van der Waals surface area (Å²) in [4.78, 5) is 0. The van der Waals surface area contributed by atoms with Crippen LogP contribution in [0.15, 0.2) is 0 Å². The fourth-order valence-electron chi connectivity index (χ4n) is 4.87. The Hall–Kier alpha value is -0.340. The second-order valence-corrected chi connectivity index (χ2v) is 11.6. The summed E-state index contributed by atoms with van der Waals surface area (Å²) in [5.74, 6) is 0. The van der Waals surface area contributed by atoms with Crippen molar-refractivity contribution in [3.8, 4) is 0 Å². The molecule has 1 aliphatic heterocycles. The molecular formula is C30H56O5S2. The van der Waals surface area contributed by atoms with E-state index in [9.17, 15) is 10.2 Å². The van der Waals surface area contributed by atoms with Crippen LogP contribution in [0.5, 0.6) is 0 Å². The van der Waals surface area contributed by atoms with E-state index < -0.39 is 24.4 Å². The van der Waals surface area contributed by atoms with Crippen LogP contribution in [0.1, 0.15) is 142 Å². The number of aliphatic hydroxyl groups is 2. The van der Waals surface area contributed by atoms with Gasteiger partial charge in [-0.2, -0.15) is 0 Å². The summed E-state index contributed by atoms with van der Waals surface area (Å²) < 4.78 is 17.4. The molecule has 7 heteroatoms. The van der Waals surface area contributed by atoms with Crippen LogP contribution in [0.25, 0.3) is 0 Å². The van der Waals surface area contributed by atoms with Crippen molar-refractivity contribution in [3.05, 3.63) is 0 Å². The molecule has 0 spiro atoms. The summed E-state index contributed by atoms with van der Waals surface area (Å²) in [6.07, 6.45) is 21.2. The van der Waals surface area contributed by atoms with Crippen LogP contribution in [-0.2, 0) is 14.2 Å². The van der Waals surface area contributed by atoms with Crippen molar-refractivity contribution in [1.82, 2.24) is 0 Å². The van der Waals surface area contributed by atoms with E-state index in [4.69, 9.17) is 38.6 Å². The first-order valence-corrected chi connectivity index (χ1v) is 16.1. The van der Waals surface area contributed by atoms with Gasteiger partial charge in [-0.05, 0) is 37.3 Å². The minimum absolute atomic E-state index is 0.231. The first kappa shape index (κ1) is 34.7. The smallest absolute Gasteiger partial charge is 0.160 e. The Balaban J connectivity index is 2.17. The van der Waals surface area contributed by atoms with Crippen molar-refractivity contribution in [3.63, 3.8) is 0 Å². The maximum Gasteiger partial charge on any atom is 0.160 e. The second-order valence-electron chi connectivity index (χ2n) is 10.7. The molecular weight excluding hydrogens is 504 g/mol. The molecule has 2 N–H and O–H groups in total. The van der Waals surface area contributed by atoms with Gasteiger partial charge in [0.05, 0.1) is 13.2 Å². The molecule has 1 heterocycles. The lowest BCUT2D eigenvalue weighted by molar-refractivity contribution is -0.0615. The highest BCUT2D eigenvalue weighted by Gasteiger charge is 2.43. The average molecular weight is 561 g/mol. The van der Waals surface area contributed by atoms with Crippen LogP contribution in [0.4, 0.5) is 0 Å². The zero-order chi connectivity index (χ0) is 27.1. The monoisotopic (exact) mass is 560 g/mol. The molecule has 0 unspecified atom stereocenters. The number of thiocarbonyl (C=S) groups is 2. The molecule has 0 aliphatic carbocycles. The van der Waals surface area contributed by atoms with Gasteiger partial charge in [0, 0.05) is 12.8 Å². The van der Waals surface area contributed by atoms with Gasteiger partial charge >= 0.3 is 0 Å². The molecule has 0 bridgehead atoms. The molecule has 5 nitrogen and oxygen atoms in total. The third kappa shape index (κ3) is 17.1. The van der Waals surface area contributed by atoms with E-state index in [1.807, 2.05) is 0 Å². The van der Waals surface area contributed by atoms with E-state index in [1.165, 1.54) is 89.9 Å². The van der Waals surface area contributed by atoms with Crippen molar-refractivity contribution in [2.24, 2.45) is 0 Å². The summed E-state index contributed by atoms with van der Waals surface area (Å²) in [5, 5.41) is 21.6. The van der Waals surface area contributed by atoms with E-state index in [1.54, 1.807) is 0 Å². The number of aliphatic hydroxyl groups excluding tert-OH is 2. The molecule has 1 fully saturated rings. The normalized spacial score (nSPS) is 20.2. The molecule has 1 saturated heterocycles. The SMILES string of the molecule is CCCCCCCCCCCC(=S)O[C@H]1CO[C@H]([C@@H](CO)OC(=S)CCCCCCCCCCC)[C@@H]1O. The molecule has 4 atom stereocenters. The van der Waals surface area contributed by atoms with E-state index in [-0.39, 0.29) is 13.2 Å². The first-order chi connectivity index (χ1) is 18.0. The van der Waals surface area contributed by atoms with Crippen molar-refractivity contribution >= 4 is 34.5 Å². The van der Waals surface area contributed by atoms with Crippen LogP contribution in [-0.4, -0.2) is 57.9 Å². The molecule has 0 aromatic rings. The van der Waals surface area contributed by atoms with E-state index in [0.29, 0.717) is 16.5 Å². The average Bonchev–Trinajstić information content (AvgIpc) is 3.24. The fraction of sp³-hybridized carbons (Fsp3) is 0.933. The largest absolute Gasteiger partial charge is 0.479 e. The van der Waals surface area contributed by atoms with Crippen LogP contribution in [0.3, 0.4) is 0 Å². The minimum Gasteiger partial charge on any atom is -0.479 e. The number of hydrogen-bond acceptors (Lipinski definition) is 7. The summed E-state index contributed by atoms with van der Waals surface area (Å²) in [6, 6.07) is 0. The molecule has 1 aliphatic rings. The number of hydrogen-bond donors (Lipinski definition) is 2. The molecule has 0 saturated carbocycles. The van der Waals surface area contributed by atoms with Gasteiger partial charge in [0.2, 0.25) is 0 Å². The van der Waals surface area contributed by atoms with Crippen LogP contribution in [0, 0.1) is 0 Å². The highest BCUT2D eigenvalue weighted by Crippen LogP contribution is 2.24.